The van der Waals surface area contributed by atoms with Gasteiger partial charge < -0.3 is 10.6 Å². The number of benzene rings is 3. The number of para-hydroxylation sites is 1. The quantitative estimate of drug-likeness (QED) is 0.481. The Labute approximate surface area is 190 Å². The zero-order valence-electron chi connectivity index (χ0n) is 19.2. The Morgan fingerprint density at radius 2 is 1.53 bits per heavy atom. The number of hydrogen-bond donors (Lipinski definition) is 2. The van der Waals surface area contributed by atoms with Gasteiger partial charge >= 0.3 is 0 Å². The van der Waals surface area contributed by atoms with Crippen LogP contribution in [0.3, 0.4) is 0 Å². The van der Waals surface area contributed by atoms with Crippen molar-refractivity contribution in [1.29, 1.82) is 0 Å². The van der Waals surface area contributed by atoms with Crippen LogP contribution in [0.1, 0.15) is 52.6 Å². The highest BCUT2D eigenvalue weighted by atomic mass is 16.2. The van der Waals surface area contributed by atoms with Gasteiger partial charge in [-0.2, -0.15) is 0 Å². The minimum Gasteiger partial charge on any atom is -0.322 e. The van der Waals surface area contributed by atoms with Crippen molar-refractivity contribution in [3.63, 3.8) is 0 Å². The first-order valence-electron chi connectivity index (χ1n) is 11.0. The van der Waals surface area contributed by atoms with Crippen LogP contribution in [0.25, 0.3) is 0 Å². The van der Waals surface area contributed by atoms with Gasteiger partial charge in [-0.05, 0) is 74.8 Å². The Hall–Kier alpha value is -3.44. The molecule has 0 unspecified atom stereocenters. The molecule has 5 heteroatoms. The molecule has 2 amide bonds. The van der Waals surface area contributed by atoms with Gasteiger partial charge in [-0.3, -0.25) is 14.5 Å². The van der Waals surface area contributed by atoms with E-state index >= 15 is 0 Å². The summed E-state index contributed by atoms with van der Waals surface area (Å²) < 4.78 is 0. The summed E-state index contributed by atoms with van der Waals surface area (Å²) in [7, 11) is 0. The Kier molecular flexibility index (Phi) is 7.79. The number of anilines is 2. The summed E-state index contributed by atoms with van der Waals surface area (Å²) in [4.78, 5) is 27.9. The minimum atomic E-state index is -0.209. The van der Waals surface area contributed by atoms with Crippen LogP contribution in [-0.4, -0.2) is 29.3 Å². The van der Waals surface area contributed by atoms with Crippen LogP contribution in [-0.2, 0) is 6.54 Å². The third-order valence-electron chi connectivity index (χ3n) is 5.60. The number of carbonyl (C=O) groups excluding carboxylic acids is 2. The van der Waals surface area contributed by atoms with E-state index in [1.165, 1.54) is 5.56 Å². The summed E-state index contributed by atoms with van der Waals surface area (Å²) in [6.45, 7) is 10.2. The molecule has 3 aromatic rings. The molecule has 0 heterocycles. The molecular weight excluding hydrogens is 398 g/mol. The van der Waals surface area contributed by atoms with Crippen molar-refractivity contribution in [3.8, 4) is 0 Å². The number of nitrogens with zero attached hydrogens (tertiary/aromatic N) is 1. The van der Waals surface area contributed by atoms with E-state index in [0.717, 1.165) is 24.3 Å². The van der Waals surface area contributed by atoms with Gasteiger partial charge in [-0.25, -0.2) is 0 Å². The van der Waals surface area contributed by atoms with Crippen LogP contribution in [0.5, 0.6) is 0 Å². The average Bonchev–Trinajstić information content (AvgIpc) is 2.79. The summed E-state index contributed by atoms with van der Waals surface area (Å²) >= 11 is 0. The van der Waals surface area contributed by atoms with E-state index in [2.05, 4.69) is 36.3 Å². The molecule has 0 aromatic heterocycles. The third kappa shape index (κ3) is 5.83. The van der Waals surface area contributed by atoms with Crippen LogP contribution in [0.15, 0.2) is 72.8 Å². The zero-order chi connectivity index (χ0) is 23.1. The molecule has 0 aliphatic rings. The molecule has 166 valence electrons. The lowest BCUT2D eigenvalue weighted by Gasteiger charge is -2.24. The third-order valence-corrected chi connectivity index (χ3v) is 5.60. The molecule has 3 rings (SSSR count). The molecule has 0 fully saturated rings. The topological polar surface area (TPSA) is 61.4 Å². The second-order valence-electron chi connectivity index (χ2n) is 8.11. The molecule has 3 aromatic carbocycles. The van der Waals surface area contributed by atoms with Crippen molar-refractivity contribution >= 4 is 23.2 Å². The highest BCUT2D eigenvalue weighted by Crippen LogP contribution is 2.21. The molecule has 5 nitrogen and oxygen atoms in total. The molecular formula is C27H31N3O2. The van der Waals surface area contributed by atoms with Crippen molar-refractivity contribution in [1.82, 2.24) is 4.90 Å². The van der Waals surface area contributed by atoms with Crippen molar-refractivity contribution in [3.05, 3.63) is 95.1 Å². The highest BCUT2D eigenvalue weighted by molar-refractivity contribution is 6.08. The second-order valence-corrected chi connectivity index (χ2v) is 8.11. The van der Waals surface area contributed by atoms with Crippen LogP contribution in [0.2, 0.25) is 0 Å². The first kappa shape index (κ1) is 23.2. The fourth-order valence-corrected chi connectivity index (χ4v) is 3.59. The molecule has 0 radical (unpaired) electrons. The van der Waals surface area contributed by atoms with Crippen molar-refractivity contribution < 1.29 is 9.59 Å². The molecule has 0 saturated carbocycles. The molecule has 0 bridgehead atoms. The van der Waals surface area contributed by atoms with E-state index < -0.39 is 0 Å². The molecule has 0 aliphatic carbocycles. The van der Waals surface area contributed by atoms with E-state index in [0.29, 0.717) is 22.9 Å². The fourth-order valence-electron chi connectivity index (χ4n) is 3.59. The molecule has 0 spiro atoms. The average molecular weight is 430 g/mol. The molecule has 32 heavy (non-hydrogen) atoms. The van der Waals surface area contributed by atoms with Gasteiger partial charge in [0.05, 0.1) is 0 Å². The smallest absolute Gasteiger partial charge is 0.256 e. The summed E-state index contributed by atoms with van der Waals surface area (Å²) in [5.74, 6) is -0.406. The van der Waals surface area contributed by atoms with E-state index in [4.69, 9.17) is 0 Å². The summed E-state index contributed by atoms with van der Waals surface area (Å²) in [6, 6.07) is 22.8. The molecule has 0 saturated heterocycles. The monoisotopic (exact) mass is 429 g/mol. The van der Waals surface area contributed by atoms with E-state index in [-0.39, 0.29) is 11.8 Å². The Morgan fingerprint density at radius 3 is 2.16 bits per heavy atom. The van der Waals surface area contributed by atoms with Crippen LogP contribution < -0.4 is 10.6 Å². The number of nitrogens with one attached hydrogen (secondary N) is 2. The van der Waals surface area contributed by atoms with Gasteiger partial charge in [0.15, 0.2) is 0 Å². The van der Waals surface area contributed by atoms with E-state index in [1.807, 2.05) is 67.6 Å². The Bertz CT molecular complexity index is 1060. The maximum atomic E-state index is 12.8. The lowest BCUT2D eigenvalue weighted by molar-refractivity contribution is 0.101. The second kappa shape index (κ2) is 10.7. The fraction of sp³-hybridized carbons (Fsp3) is 0.259. The Balaban J connectivity index is 1.70. The molecule has 0 aliphatic heterocycles. The van der Waals surface area contributed by atoms with Gasteiger partial charge in [-0.1, -0.05) is 43.3 Å². The standard InChI is InChI=1S/C27H31N3O2/c1-5-30(19(2)3)18-21-14-16-22(17-15-21)26(31)29-25-13-9-12-24(20(25)4)27(32)28-23-10-7-6-8-11-23/h6-17,19H,5,18H2,1-4H3,(H,28,32)(H,29,31). The number of hydrogen-bond acceptors (Lipinski definition) is 3. The van der Waals surface area contributed by atoms with Crippen molar-refractivity contribution in [2.75, 3.05) is 17.2 Å². The lowest BCUT2D eigenvalue weighted by atomic mass is 10.0. The van der Waals surface area contributed by atoms with Gasteiger partial charge in [0, 0.05) is 35.1 Å². The van der Waals surface area contributed by atoms with Gasteiger partial charge in [-0.15, -0.1) is 0 Å². The van der Waals surface area contributed by atoms with Crippen LogP contribution >= 0.6 is 0 Å². The maximum absolute atomic E-state index is 12.8. The van der Waals surface area contributed by atoms with Gasteiger partial charge in [0.25, 0.3) is 11.8 Å². The first-order valence-corrected chi connectivity index (χ1v) is 11.0. The zero-order valence-corrected chi connectivity index (χ0v) is 19.2. The molecule has 0 atom stereocenters. The van der Waals surface area contributed by atoms with Crippen molar-refractivity contribution in [2.45, 2.75) is 40.3 Å². The number of amides is 2. The van der Waals surface area contributed by atoms with Crippen LogP contribution in [0.4, 0.5) is 11.4 Å². The van der Waals surface area contributed by atoms with Gasteiger partial charge in [0.1, 0.15) is 0 Å². The number of carbonyl (C=O) groups is 2. The van der Waals surface area contributed by atoms with Gasteiger partial charge in [0.2, 0.25) is 0 Å². The number of rotatable bonds is 8. The van der Waals surface area contributed by atoms with Crippen LogP contribution in [0, 0.1) is 6.92 Å². The van der Waals surface area contributed by atoms with E-state index in [9.17, 15) is 9.59 Å². The molecule has 2 N–H and O–H groups in total. The lowest BCUT2D eigenvalue weighted by Crippen LogP contribution is -2.29. The first-order chi connectivity index (χ1) is 15.4. The maximum Gasteiger partial charge on any atom is 0.256 e. The Morgan fingerprint density at radius 1 is 0.844 bits per heavy atom. The minimum absolute atomic E-state index is 0.198. The highest BCUT2D eigenvalue weighted by Gasteiger charge is 2.15. The largest absolute Gasteiger partial charge is 0.322 e. The predicted octanol–water partition coefficient (Wildman–Crippen LogP) is 5.73. The van der Waals surface area contributed by atoms with Crippen molar-refractivity contribution in [2.24, 2.45) is 0 Å². The summed E-state index contributed by atoms with van der Waals surface area (Å²) in [5.41, 5.74) is 4.35. The normalized spacial score (nSPS) is 10.9. The summed E-state index contributed by atoms with van der Waals surface area (Å²) in [5, 5.41) is 5.84. The summed E-state index contributed by atoms with van der Waals surface area (Å²) in [6.07, 6.45) is 0. The SMILES string of the molecule is CCN(Cc1ccc(C(=O)Nc2cccc(C(=O)Nc3ccccc3)c2C)cc1)C(C)C. The predicted molar refractivity (Wildman–Crippen MR) is 131 cm³/mol. The van der Waals surface area contributed by atoms with E-state index in [1.54, 1.807) is 12.1 Å².